The van der Waals surface area contributed by atoms with Gasteiger partial charge in [0.25, 0.3) is 0 Å². The molecule has 0 N–H and O–H groups in total. The molecule has 6 heteroatoms. The zero-order chi connectivity index (χ0) is 20.8. The summed E-state index contributed by atoms with van der Waals surface area (Å²) in [6.45, 7) is 3.53. The Morgan fingerprint density at radius 2 is 1.29 bits per heavy atom. The normalized spacial score (nSPS) is 13.5. The smallest absolute Gasteiger partial charge is 0.224 e. The highest BCUT2D eigenvalue weighted by Gasteiger charge is 2.22. The predicted octanol–water partition coefficient (Wildman–Crippen LogP) is 5.12. The van der Waals surface area contributed by atoms with E-state index in [1.807, 2.05) is 41.3 Å². The highest BCUT2D eigenvalue weighted by Crippen LogP contribution is 2.25. The van der Waals surface area contributed by atoms with Gasteiger partial charge in [0.1, 0.15) is 5.82 Å². The molecule has 3 aromatic rings. The number of hydrogen-bond acceptors (Lipinski definition) is 3. The fraction of sp³-hybridized carbons (Fsp3) is 0.240. The van der Waals surface area contributed by atoms with Crippen LogP contribution in [-0.4, -0.2) is 43.5 Å². The van der Waals surface area contributed by atoms with Crippen molar-refractivity contribution in [1.29, 1.82) is 0 Å². The van der Waals surface area contributed by atoms with Gasteiger partial charge in [-0.25, -0.2) is 4.39 Å². The molecule has 0 unspecified atom stereocenters. The molecule has 162 valence electrons. The highest BCUT2D eigenvalue weighted by molar-refractivity contribution is 5.85. The molecule has 1 fully saturated rings. The molecular formula is C25H27ClFN3O. The lowest BCUT2D eigenvalue weighted by molar-refractivity contribution is -0.131. The Kier molecular flexibility index (Phi) is 7.90. The van der Waals surface area contributed by atoms with Crippen LogP contribution in [0, 0.1) is 5.82 Å². The van der Waals surface area contributed by atoms with Crippen LogP contribution < -0.4 is 9.80 Å². The minimum atomic E-state index is -0.228. The first-order chi connectivity index (χ1) is 14.7. The lowest BCUT2D eigenvalue weighted by Gasteiger charge is -2.36. The average molecular weight is 440 g/mol. The summed E-state index contributed by atoms with van der Waals surface area (Å²) in [5.41, 5.74) is 3.16. The highest BCUT2D eigenvalue weighted by atomic mass is 35.5. The van der Waals surface area contributed by atoms with Crippen LogP contribution in [0.2, 0.25) is 0 Å². The molecule has 0 aromatic heterocycles. The summed E-state index contributed by atoms with van der Waals surface area (Å²) >= 11 is 0. The number of carbonyl (C=O) groups excluding carboxylic acids is 1. The molecule has 0 bridgehead atoms. The van der Waals surface area contributed by atoms with Crippen LogP contribution in [-0.2, 0) is 4.79 Å². The molecule has 1 amide bonds. The Hall–Kier alpha value is -3.05. The first-order valence-corrected chi connectivity index (χ1v) is 10.4. The number of nitrogens with zero attached hydrogens (tertiary/aromatic N) is 3. The number of hydrogen-bond donors (Lipinski definition) is 0. The zero-order valence-electron chi connectivity index (χ0n) is 17.4. The lowest BCUT2D eigenvalue weighted by atomic mass is 10.2. The maximum absolute atomic E-state index is 13.1. The molecule has 0 spiro atoms. The van der Waals surface area contributed by atoms with Crippen molar-refractivity contribution in [2.75, 3.05) is 42.5 Å². The van der Waals surface area contributed by atoms with Gasteiger partial charge in [-0.05, 0) is 48.5 Å². The number of piperazine rings is 1. The minimum absolute atomic E-state index is 0. The second kappa shape index (κ2) is 10.8. The van der Waals surface area contributed by atoms with E-state index in [0.29, 0.717) is 26.1 Å². The monoisotopic (exact) mass is 439 g/mol. The quantitative estimate of drug-likeness (QED) is 0.533. The van der Waals surface area contributed by atoms with Gasteiger partial charge in [0.2, 0.25) is 5.91 Å². The number of halogens is 2. The fourth-order valence-corrected chi connectivity index (χ4v) is 3.85. The average Bonchev–Trinajstić information content (AvgIpc) is 2.81. The van der Waals surface area contributed by atoms with Crippen LogP contribution in [0.25, 0.3) is 0 Å². The van der Waals surface area contributed by atoms with Gasteiger partial charge in [-0.3, -0.25) is 4.79 Å². The number of amides is 1. The molecule has 3 aromatic carbocycles. The van der Waals surface area contributed by atoms with Crippen molar-refractivity contribution >= 4 is 35.4 Å². The summed E-state index contributed by atoms with van der Waals surface area (Å²) < 4.78 is 13.1. The lowest BCUT2D eigenvalue weighted by Crippen LogP contribution is -2.49. The Bertz CT molecular complexity index is 906. The summed E-state index contributed by atoms with van der Waals surface area (Å²) in [4.78, 5) is 19.2. The van der Waals surface area contributed by atoms with E-state index in [4.69, 9.17) is 0 Å². The van der Waals surface area contributed by atoms with Crippen molar-refractivity contribution < 1.29 is 9.18 Å². The number of para-hydroxylation sites is 2. The van der Waals surface area contributed by atoms with Gasteiger partial charge in [-0.15, -0.1) is 12.4 Å². The van der Waals surface area contributed by atoms with E-state index in [1.165, 1.54) is 12.1 Å². The topological polar surface area (TPSA) is 26.8 Å². The Labute approximate surface area is 189 Å². The van der Waals surface area contributed by atoms with Crippen LogP contribution in [0.4, 0.5) is 21.5 Å². The molecule has 1 heterocycles. The van der Waals surface area contributed by atoms with Gasteiger partial charge < -0.3 is 14.7 Å². The van der Waals surface area contributed by atoms with Crippen molar-refractivity contribution in [2.24, 2.45) is 0 Å². The van der Waals surface area contributed by atoms with E-state index in [2.05, 4.69) is 34.1 Å². The molecule has 1 saturated heterocycles. The minimum Gasteiger partial charge on any atom is -0.368 e. The van der Waals surface area contributed by atoms with Gasteiger partial charge >= 0.3 is 0 Å². The zero-order valence-corrected chi connectivity index (χ0v) is 18.2. The van der Waals surface area contributed by atoms with E-state index in [1.54, 1.807) is 12.1 Å². The standard InChI is InChI=1S/C25H26FN3O.ClH/c26-21-11-13-22(14-12-21)27-17-19-28(20-18-27)25(30)15-16-29(23-7-3-1-4-8-23)24-9-5-2-6-10-24;/h1-14H,15-20H2;1H. The number of anilines is 3. The third-order valence-electron chi connectivity index (χ3n) is 5.51. The second-order valence-electron chi connectivity index (χ2n) is 7.42. The maximum Gasteiger partial charge on any atom is 0.224 e. The van der Waals surface area contributed by atoms with Gasteiger partial charge in [-0.2, -0.15) is 0 Å². The second-order valence-corrected chi connectivity index (χ2v) is 7.42. The summed E-state index contributed by atoms with van der Waals surface area (Å²) in [7, 11) is 0. The van der Waals surface area contributed by atoms with E-state index >= 15 is 0 Å². The fourth-order valence-electron chi connectivity index (χ4n) is 3.85. The molecule has 4 nitrogen and oxygen atoms in total. The first-order valence-electron chi connectivity index (χ1n) is 10.4. The van der Waals surface area contributed by atoms with Crippen LogP contribution >= 0.6 is 12.4 Å². The van der Waals surface area contributed by atoms with Crippen LogP contribution in [0.5, 0.6) is 0 Å². The van der Waals surface area contributed by atoms with Crippen molar-refractivity contribution in [2.45, 2.75) is 6.42 Å². The molecule has 0 radical (unpaired) electrons. The van der Waals surface area contributed by atoms with Crippen molar-refractivity contribution in [3.05, 3.63) is 90.7 Å². The van der Waals surface area contributed by atoms with Gasteiger partial charge in [-0.1, -0.05) is 36.4 Å². The Balaban J connectivity index is 0.00000272. The number of benzene rings is 3. The van der Waals surface area contributed by atoms with E-state index < -0.39 is 0 Å². The SMILES string of the molecule is Cl.O=C(CCN(c1ccccc1)c1ccccc1)N1CCN(c2ccc(F)cc2)CC1. The summed E-state index contributed by atoms with van der Waals surface area (Å²) in [6, 6.07) is 26.9. The van der Waals surface area contributed by atoms with Crippen LogP contribution in [0.1, 0.15) is 6.42 Å². The molecule has 0 aliphatic carbocycles. The van der Waals surface area contributed by atoms with Crippen molar-refractivity contribution in [3.8, 4) is 0 Å². The number of rotatable bonds is 6. The third kappa shape index (κ3) is 5.76. The number of carbonyl (C=O) groups is 1. The van der Waals surface area contributed by atoms with Gasteiger partial charge in [0, 0.05) is 56.2 Å². The van der Waals surface area contributed by atoms with E-state index in [0.717, 1.165) is 30.2 Å². The molecule has 0 saturated carbocycles. The summed E-state index contributed by atoms with van der Waals surface area (Å²) in [5, 5.41) is 0. The Morgan fingerprint density at radius 1 is 0.774 bits per heavy atom. The predicted molar refractivity (Wildman–Crippen MR) is 127 cm³/mol. The van der Waals surface area contributed by atoms with Crippen molar-refractivity contribution in [3.63, 3.8) is 0 Å². The van der Waals surface area contributed by atoms with Crippen molar-refractivity contribution in [1.82, 2.24) is 4.90 Å². The van der Waals surface area contributed by atoms with Crippen LogP contribution in [0.15, 0.2) is 84.9 Å². The Morgan fingerprint density at radius 3 is 1.81 bits per heavy atom. The molecule has 0 atom stereocenters. The van der Waals surface area contributed by atoms with Crippen LogP contribution in [0.3, 0.4) is 0 Å². The van der Waals surface area contributed by atoms with Gasteiger partial charge in [0.05, 0.1) is 0 Å². The van der Waals surface area contributed by atoms with E-state index in [9.17, 15) is 9.18 Å². The molecule has 1 aliphatic rings. The van der Waals surface area contributed by atoms with Gasteiger partial charge in [0.15, 0.2) is 0 Å². The summed E-state index contributed by atoms with van der Waals surface area (Å²) in [6.07, 6.45) is 0.459. The largest absolute Gasteiger partial charge is 0.368 e. The first kappa shape index (κ1) is 22.6. The maximum atomic E-state index is 13.1. The molecule has 4 rings (SSSR count). The molecule has 31 heavy (non-hydrogen) atoms. The third-order valence-corrected chi connectivity index (χ3v) is 5.51. The summed E-state index contributed by atoms with van der Waals surface area (Å²) in [5.74, 6) is -0.0560. The molecule has 1 aliphatic heterocycles. The molecular weight excluding hydrogens is 413 g/mol. The van der Waals surface area contributed by atoms with E-state index in [-0.39, 0.29) is 24.1 Å².